The monoisotopic (exact) mass is 235 g/mol. The second-order valence-corrected chi connectivity index (χ2v) is 3.61. The molecule has 0 amide bonds. The second-order valence-electron chi connectivity index (χ2n) is 3.61. The zero-order chi connectivity index (χ0) is 12.3. The van der Waals surface area contributed by atoms with Gasteiger partial charge in [-0.1, -0.05) is 0 Å². The molecule has 0 aliphatic carbocycles. The summed E-state index contributed by atoms with van der Waals surface area (Å²) < 4.78 is 52.6. The first-order chi connectivity index (χ1) is 7.50. The van der Waals surface area contributed by atoms with E-state index < -0.39 is 34.4 Å². The van der Waals surface area contributed by atoms with E-state index in [1.54, 1.807) is 0 Å². The van der Waals surface area contributed by atoms with Crippen molar-refractivity contribution in [1.29, 1.82) is 0 Å². The van der Waals surface area contributed by atoms with Gasteiger partial charge in [0.15, 0.2) is 17.5 Å². The fourth-order valence-corrected chi connectivity index (χ4v) is 1.48. The molecular weight excluding hydrogens is 222 g/mol. The lowest BCUT2D eigenvalue weighted by Gasteiger charge is -2.09. The molecule has 1 rings (SSSR count). The first kappa shape index (κ1) is 13.0. The Hall–Kier alpha value is -1.10. The van der Waals surface area contributed by atoms with E-state index in [4.69, 9.17) is 5.73 Å². The summed E-state index contributed by atoms with van der Waals surface area (Å²) in [5.41, 5.74) is 4.35. The fraction of sp³-hybridized carbons (Fsp3) is 0.455. The molecule has 0 aliphatic rings. The molecule has 0 aromatic heterocycles. The molecule has 0 saturated carbocycles. The lowest BCUT2D eigenvalue weighted by Crippen LogP contribution is -2.07. The standard InChI is InChI=1S/C11H13F4N/c1-6-8(12)7(4-2-3-5-16)10(14)11(15)9(6)13/h2-5,16H2,1H3. The molecule has 16 heavy (non-hydrogen) atoms. The zero-order valence-electron chi connectivity index (χ0n) is 8.92. The molecule has 2 N–H and O–H groups in total. The van der Waals surface area contributed by atoms with Gasteiger partial charge in [-0.05, 0) is 32.7 Å². The maximum absolute atomic E-state index is 13.5. The summed E-state index contributed by atoms with van der Waals surface area (Å²) in [6.07, 6.45) is 1.04. The van der Waals surface area contributed by atoms with Gasteiger partial charge >= 0.3 is 0 Å². The molecule has 5 heteroatoms. The molecule has 1 nitrogen and oxygen atoms in total. The summed E-state index contributed by atoms with van der Waals surface area (Å²) in [7, 11) is 0. The molecule has 90 valence electrons. The molecule has 0 saturated heterocycles. The number of unbranched alkanes of at least 4 members (excludes halogenated alkanes) is 1. The molecule has 0 atom stereocenters. The Bertz CT molecular complexity index is 361. The highest BCUT2D eigenvalue weighted by atomic mass is 19.2. The van der Waals surface area contributed by atoms with Crippen LogP contribution in [0.15, 0.2) is 0 Å². The van der Waals surface area contributed by atoms with Crippen LogP contribution < -0.4 is 5.73 Å². The molecule has 0 spiro atoms. The number of benzene rings is 1. The highest BCUT2D eigenvalue weighted by molar-refractivity contribution is 5.29. The SMILES string of the molecule is Cc1c(F)c(F)c(F)c(CCCCN)c1F. The Morgan fingerprint density at radius 3 is 2.06 bits per heavy atom. The summed E-state index contributed by atoms with van der Waals surface area (Å²) in [5.74, 6) is -5.51. The highest BCUT2D eigenvalue weighted by Gasteiger charge is 2.22. The zero-order valence-corrected chi connectivity index (χ0v) is 8.92. The molecule has 0 radical (unpaired) electrons. The number of hydrogen-bond acceptors (Lipinski definition) is 1. The average molecular weight is 235 g/mol. The lowest BCUT2D eigenvalue weighted by atomic mass is 10.0. The predicted octanol–water partition coefficient (Wildman–Crippen LogP) is 2.83. The average Bonchev–Trinajstić information content (AvgIpc) is 2.28. The van der Waals surface area contributed by atoms with E-state index in [1.807, 2.05) is 0 Å². The molecular formula is C11H13F4N. The Balaban J connectivity index is 3.08. The fourth-order valence-electron chi connectivity index (χ4n) is 1.48. The van der Waals surface area contributed by atoms with E-state index in [0.29, 0.717) is 19.4 Å². The highest BCUT2D eigenvalue weighted by Crippen LogP contribution is 2.24. The maximum Gasteiger partial charge on any atom is 0.195 e. The van der Waals surface area contributed by atoms with Gasteiger partial charge in [0, 0.05) is 11.1 Å². The van der Waals surface area contributed by atoms with Gasteiger partial charge in [0.2, 0.25) is 0 Å². The topological polar surface area (TPSA) is 26.0 Å². The van der Waals surface area contributed by atoms with Crippen molar-refractivity contribution in [2.45, 2.75) is 26.2 Å². The van der Waals surface area contributed by atoms with Crippen molar-refractivity contribution in [3.63, 3.8) is 0 Å². The van der Waals surface area contributed by atoms with Crippen LogP contribution >= 0.6 is 0 Å². The van der Waals surface area contributed by atoms with Crippen LogP contribution in [0.1, 0.15) is 24.0 Å². The van der Waals surface area contributed by atoms with Gasteiger partial charge in [0.05, 0.1) is 0 Å². The number of halogens is 4. The first-order valence-electron chi connectivity index (χ1n) is 5.02. The van der Waals surface area contributed by atoms with E-state index >= 15 is 0 Å². The number of rotatable bonds is 4. The third kappa shape index (κ3) is 2.35. The minimum Gasteiger partial charge on any atom is -0.330 e. The van der Waals surface area contributed by atoms with E-state index in [9.17, 15) is 17.6 Å². The van der Waals surface area contributed by atoms with Gasteiger partial charge in [-0.15, -0.1) is 0 Å². The van der Waals surface area contributed by atoms with Gasteiger partial charge < -0.3 is 5.73 Å². The largest absolute Gasteiger partial charge is 0.330 e. The van der Waals surface area contributed by atoms with Crippen LogP contribution in [0.4, 0.5) is 17.6 Å². The Kier molecular flexibility index (Phi) is 4.29. The van der Waals surface area contributed by atoms with Crippen molar-refractivity contribution >= 4 is 0 Å². The van der Waals surface area contributed by atoms with Crippen LogP contribution in [0.25, 0.3) is 0 Å². The van der Waals surface area contributed by atoms with Gasteiger partial charge in [-0.2, -0.15) is 0 Å². The van der Waals surface area contributed by atoms with Gasteiger partial charge in [-0.3, -0.25) is 0 Å². The second kappa shape index (κ2) is 5.30. The van der Waals surface area contributed by atoms with Crippen molar-refractivity contribution in [2.24, 2.45) is 5.73 Å². The summed E-state index contributed by atoms with van der Waals surface area (Å²) in [4.78, 5) is 0. The summed E-state index contributed by atoms with van der Waals surface area (Å²) in [5, 5.41) is 0. The van der Waals surface area contributed by atoms with Crippen molar-refractivity contribution in [3.8, 4) is 0 Å². The smallest absolute Gasteiger partial charge is 0.195 e. The summed E-state index contributed by atoms with van der Waals surface area (Å²) in [6.45, 7) is 1.48. The molecule has 0 unspecified atom stereocenters. The third-order valence-electron chi connectivity index (χ3n) is 2.45. The summed E-state index contributed by atoms with van der Waals surface area (Å²) >= 11 is 0. The molecule has 0 fully saturated rings. The van der Waals surface area contributed by atoms with Crippen molar-refractivity contribution in [1.82, 2.24) is 0 Å². The Morgan fingerprint density at radius 2 is 1.50 bits per heavy atom. The predicted molar refractivity (Wildman–Crippen MR) is 53.0 cm³/mol. The van der Waals surface area contributed by atoms with Crippen molar-refractivity contribution in [2.75, 3.05) is 6.54 Å². The lowest BCUT2D eigenvalue weighted by molar-refractivity contribution is 0.417. The van der Waals surface area contributed by atoms with Crippen LogP contribution in [0.2, 0.25) is 0 Å². The number of hydrogen-bond donors (Lipinski definition) is 1. The van der Waals surface area contributed by atoms with Gasteiger partial charge in [0.25, 0.3) is 0 Å². The summed E-state index contributed by atoms with van der Waals surface area (Å²) in [6, 6.07) is 0. The quantitative estimate of drug-likeness (QED) is 0.369. The molecule has 1 aromatic carbocycles. The third-order valence-corrected chi connectivity index (χ3v) is 2.45. The molecule has 1 aromatic rings. The normalized spacial score (nSPS) is 10.9. The van der Waals surface area contributed by atoms with E-state index in [0.717, 1.165) is 6.92 Å². The van der Waals surface area contributed by atoms with Crippen molar-refractivity contribution in [3.05, 3.63) is 34.4 Å². The van der Waals surface area contributed by atoms with Crippen LogP contribution in [-0.4, -0.2) is 6.54 Å². The maximum atomic E-state index is 13.5. The van der Waals surface area contributed by atoms with E-state index in [2.05, 4.69) is 0 Å². The van der Waals surface area contributed by atoms with Crippen LogP contribution in [0.3, 0.4) is 0 Å². The molecule has 0 aliphatic heterocycles. The number of nitrogens with two attached hydrogens (primary N) is 1. The minimum atomic E-state index is -1.61. The first-order valence-corrected chi connectivity index (χ1v) is 5.02. The molecule has 0 bridgehead atoms. The Labute approximate surface area is 91.3 Å². The van der Waals surface area contributed by atoms with Crippen molar-refractivity contribution < 1.29 is 17.6 Å². The van der Waals surface area contributed by atoms with Crippen LogP contribution in [-0.2, 0) is 6.42 Å². The molecule has 0 heterocycles. The Morgan fingerprint density at radius 1 is 0.875 bits per heavy atom. The van der Waals surface area contributed by atoms with E-state index in [-0.39, 0.29) is 6.42 Å². The minimum absolute atomic E-state index is 0.0207. The van der Waals surface area contributed by atoms with Gasteiger partial charge in [-0.25, -0.2) is 17.6 Å². The van der Waals surface area contributed by atoms with Crippen LogP contribution in [0.5, 0.6) is 0 Å². The van der Waals surface area contributed by atoms with Crippen LogP contribution in [0, 0.1) is 30.2 Å². The van der Waals surface area contributed by atoms with Gasteiger partial charge in [0.1, 0.15) is 5.82 Å². The van der Waals surface area contributed by atoms with E-state index in [1.165, 1.54) is 0 Å².